The molecule has 192 valence electrons. The van der Waals surface area contributed by atoms with Crippen LogP contribution in [0.5, 0.6) is 5.75 Å². The maximum absolute atomic E-state index is 12.1. The zero-order chi connectivity index (χ0) is 25.0. The van der Waals surface area contributed by atoms with E-state index in [1.807, 2.05) is 48.5 Å². The second kappa shape index (κ2) is 19.1. The van der Waals surface area contributed by atoms with Crippen molar-refractivity contribution < 1.29 is 9.53 Å². The van der Waals surface area contributed by atoms with E-state index in [9.17, 15) is 4.79 Å². The standard InChI is InChI=1S/C30H43BrN2O2/c1-2-3-4-5-6-7-8-9-10-11-12-13-14-19-30(34)33-32-24-27-17-15-16-18-29(27)35-25-26-20-22-28(31)23-21-26/h15-18,20-24H,2-14,19,25H2,1H3,(H,33,34)/b32-24-. The zero-order valence-electron chi connectivity index (χ0n) is 21.4. The molecule has 0 atom stereocenters. The first-order valence-corrected chi connectivity index (χ1v) is 14.3. The first kappa shape index (κ1) is 29.1. The molecule has 0 aliphatic rings. The molecule has 0 aliphatic heterocycles. The molecular formula is C30H43BrN2O2. The van der Waals surface area contributed by atoms with Crippen molar-refractivity contribution in [1.82, 2.24) is 5.43 Å². The van der Waals surface area contributed by atoms with Crippen molar-refractivity contribution in [3.63, 3.8) is 0 Å². The molecule has 0 fully saturated rings. The first-order valence-electron chi connectivity index (χ1n) is 13.5. The summed E-state index contributed by atoms with van der Waals surface area (Å²) in [6, 6.07) is 15.8. The minimum atomic E-state index is -0.0300. The molecule has 0 unspecified atom stereocenters. The lowest BCUT2D eigenvalue weighted by Crippen LogP contribution is -2.17. The Balaban J connectivity index is 1.53. The van der Waals surface area contributed by atoms with Crippen LogP contribution in [0.3, 0.4) is 0 Å². The van der Waals surface area contributed by atoms with Gasteiger partial charge in [0.25, 0.3) is 0 Å². The van der Waals surface area contributed by atoms with E-state index < -0.39 is 0 Å². The Hall–Kier alpha value is -2.14. The Morgan fingerprint density at radius 1 is 0.829 bits per heavy atom. The van der Waals surface area contributed by atoms with E-state index in [-0.39, 0.29) is 5.91 Å². The lowest BCUT2D eigenvalue weighted by Gasteiger charge is -2.09. The van der Waals surface area contributed by atoms with Crippen LogP contribution in [-0.2, 0) is 11.4 Å². The summed E-state index contributed by atoms with van der Waals surface area (Å²) in [4.78, 5) is 12.1. The van der Waals surface area contributed by atoms with Crippen LogP contribution in [0.4, 0.5) is 0 Å². The van der Waals surface area contributed by atoms with E-state index in [4.69, 9.17) is 4.74 Å². The van der Waals surface area contributed by atoms with Gasteiger partial charge in [0.2, 0.25) is 5.91 Å². The number of nitrogens with one attached hydrogen (secondary N) is 1. The van der Waals surface area contributed by atoms with Gasteiger partial charge in [-0.2, -0.15) is 5.10 Å². The van der Waals surface area contributed by atoms with Crippen LogP contribution in [0.2, 0.25) is 0 Å². The number of hydrazone groups is 1. The molecular weight excluding hydrogens is 500 g/mol. The van der Waals surface area contributed by atoms with Gasteiger partial charge in [-0.15, -0.1) is 0 Å². The predicted octanol–water partition coefficient (Wildman–Crippen LogP) is 8.96. The van der Waals surface area contributed by atoms with Gasteiger partial charge >= 0.3 is 0 Å². The third-order valence-corrected chi connectivity index (χ3v) is 6.66. The second-order valence-electron chi connectivity index (χ2n) is 9.24. The van der Waals surface area contributed by atoms with E-state index in [1.54, 1.807) is 6.21 Å². The maximum atomic E-state index is 12.1. The topological polar surface area (TPSA) is 50.7 Å². The fourth-order valence-corrected chi connectivity index (χ4v) is 4.26. The molecule has 0 aromatic heterocycles. The number of carbonyl (C=O) groups excluding carboxylic acids is 1. The van der Waals surface area contributed by atoms with E-state index in [1.165, 1.54) is 70.6 Å². The summed E-state index contributed by atoms with van der Waals surface area (Å²) >= 11 is 3.44. The number of nitrogens with zero attached hydrogens (tertiary/aromatic N) is 1. The number of hydrogen-bond donors (Lipinski definition) is 1. The number of halogens is 1. The summed E-state index contributed by atoms with van der Waals surface area (Å²) < 4.78 is 7.00. The van der Waals surface area contributed by atoms with Crippen molar-refractivity contribution in [3.05, 3.63) is 64.1 Å². The van der Waals surface area contributed by atoms with E-state index in [2.05, 4.69) is 33.4 Å². The monoisotopic (exact) mass is 542 g/mol. The Morgan fingerprint density at radius 2 is 1.40 bits per heavy atom. The van der Waals surface area contributed by atoms with Crippen molar-refractivity contribution in [2.24, 2.45) is 5.10 Å². The number of amides is 1. The lowest BCUT2D eigenvalue weighted by molar-refractivity contribution is -0.121. The minimum absolute atomic E-state index is 0.0300. The number of carbonyl (C=O) groups is 1. The SMILES string of the molecule is CCCCCCCCCCCCCCCC(=O)N/N=C\c1ccccc1OCc1ccc(Br)cc1. The molecule has 1 N–H and O–H groups in total. The van der Waals surface area contributed by atoms with Gasteiger partial charge in [0.1, 0.15) is 12.4 Å². The van der Waals surface area contributed by atoms with Crippen molar-refractivity contribution >= 4 is 28.1 Å². The van der Waals surface area contributed by atoms with Gasteiger partial charge in [-0.25, -0.2) is 5.43 Å². The predicted molar refractivity (Wildman–Crippen MR) is 151 cm³/mol. The normalized spacial score (nSPS) is 11.1. The molecule has 2 rings (SSSR count). The molecule has 4 nitrogen and oxygen atoms in total. The summed E-state index contributed by atoms with van der Waals surface area (Å²) in [6.07, 6.45) is 19.1. The van der Waals surface area contributed by atoms with Gasteiger partial charge < -0.3 is 4.74 Å². The first-order chi connectivity index (χ1) is 17.2. The van der Waals surface area contributed by atoms with Crippen LogP contribution in [-0.4, -0.2) is 12.1 Å². The molecule has 0 spiro atoms. The number of hydrogen-bond acceptors (Lipinski definition) is 3. The van der Waals surface area contributed by atoms with Crippen molar-refractivity contribution in [2.75, 3.05) is 0 Å². The largest absolute Gasteiger partial charge is 0.488 e. The van der Waals surface area contributed by atoms with Crippen molar-refractivity contribution in [1.29, 1.82) is 0 Å². The maximum Gasteiger partial charge on any atom is 0.240 e. The van der Waals surface area contributed by atoms with Gasteiger partial charge in [0.15, 0.2) is 0 Å². The summed E-state index contributed by atoms with van der Waals surface area (Å²) in [5.41, 5.74) is 4.58. The molecule has 0 aliphatic carbocycles. The number of para-hydroxylation sites is 1. The third kappa shape index (κ3) is 14.1. The Labute approximate surface area is 221 Å². The Kier molecular flexibility index (Phi) is 15.9. The van der Waals surface area contributed by atoms with Crippen LogP contribution in [0.25, 0.3) is 0 Å². The summed E-state index contributed by atoms with van der Waals surface area (Å²) in [5.74, 6) is 0.711. The zero-order valence-corrected chi connectivity index (χ0v) is 23.0. The Bertz CT molecular complexity index is 852. The summed E-state index contributed by atoms with van der Waals surface area (Å²) in [7, 11) is 0. The van der Waals surface area contributed by atoms with Crippen LogP contribution in [0.15, 0.2) is 58.1 Å². The highest BCUT2D eigenvalue weighted by molar-refractivity contribution is 9.10. The van der Waals surface area contributed by atoms with Crippen LogP contribution in [0.1, 0.15) is 108 Å². The molecule has 35 heavy (non-hydrogen) atoms. The average molecular weight is 544 g/mol. The number of rotatable bonds is 19. The molecule has 5 heteroatoms. The molecule has 2 aromatic carbocycles. The molecule has 0 heterocycles. The quantitative estimate of drug-likeness (QED) is 0.109. The van der Waals surface area contributed by atoms with Gasteiger partial charge in [0.05, 0.1) is 6.21 Å². The molecule has 0 bridgehead atoms. The van der Waals surface area contributed by atoms with Crippen LogP contribution < -0.4 is 10.2 Å². The summed E-state index contributed by atoms with van der Waals surface area (Å²) in [5, 5.41) is 4.14. The highest BCUT2D eigenvalue weighted by Gasteiger charge is 2.03. The minimum Gasteiger partial charge on any atom is -0.488 e. The number of unbranched alkanes of at least 4 members (excludes halogenated alkanes) is 12. The number of ether oxygens (including phenoxy) is 1. The van der Waals surface area contributed by atoms with Gasteiger partial charge in [-0.05, 0) is 36.2 Å². The molecule has 1 amide bonds. The smallest absolute Gasteiger partial charge is 0.240 e. The van der Waals surface area contributed by atoms with Crippen LogP contribution >= 0.6 is 15.9 Å². The van der Waals surface area contributed by atoms with Crippen molar-refractivity contribution in [2.45, 2.75) is 103 Å². The molecule has 0 saturated heterocycles. The third-order valence-electron chi connectivity index (χ3n) is 6.13. The highest BCUT2D eigenvalue weighted by Crippen LogP contribution is 2.19. The molecule has 0 saturated carbocycles. The fraction of sp³-hybridized carbons (Fsp3) is 0.533. The van der Waals surface area contributed by atoms with E-state index in [0.29, 0.717) is 13.0 Å². The van der Waals surface area contributed by atoms with E-state index in [0.717, 1.165) is 34.2 Å². The highest BCUT2D eigenvalue weighted by atomic mass is 79.9. The summed E-state index contributed by atoms with van der Waals surface area (Å²) in [6.45, 7) is 2.74. The van der Waals surface area contributed by atoms with Crippen LogP contribution in [0, 0.1) is 0 Å². The fourth-order valence-electron chi connectivity index (χ4n) is 3.99. The molecule has 0 radical (unpaired) electrons. The van der Waals surface area contributed by atoms with Gasteiger partial charge in [-0.3, -0.25) is 4.79 Å². The van der Waals surface area contributed by atoms with Gasteiger partial charge in [0, 0.05) is 16.5 Å². The average Bonchev–Trinajstić information content (AvgIpc) is 2.87. The van der Waals surface area contributed by atoms with Crippen molar-refractivity contribution in [3.8, 4) is 5.75 Å². The number of benzene rings is 2. The van der Waals surface area contributed by atoms with E-state index >= 15 is 0 Å². The second-order valence-corrected chi connectivity index (χ2v) is 10.2. The molecule has 2 aromatic rings. The van der Waals surface area contributed by atoms with Gasteiger partial charge in [-0.1, -0.05) is 124 Å². The lowest BCUT2D eigenvalue weighted by atomic mass is 10.0. The Morgan fingerprint density at radius 3 is 2.03 bits per heavy atom.